The quantitative estimate of drug-likeness (QED) is 0.0966. The first-order chi connectivity index (χ1) is 21.4. The average Bonchev–Trinajstić information content (AvgIpc) is 3.55. The van der Waals surface area contributed by atoms with E-state index in [9.17, 15) is 18.0 Å². The Morgan fingerprint density at radius 1 is 0.956 bits per heavy atom. The predicted octanol–water partition coefficient (Wildman–Crippen LogP) is 8.27. The minimum absolute atomic E-state index is 0.0411. The van der Waals surface area contributed by atoms with E-state index in [1.165, 1.54) is 41.8 Å². The molecule has 0 N–H and O–H groups in total. The first kappa shape index (κ1) is 33.0. The van der Waals surface area contributed by atoms with Crippen LogP contribution in [-0.4, -0.2) is 31.6 Å². The molecule has 0 bridgehead atoms. The van der Waals surface area contributed by atoms with E-state index in [0.29, 0.717) is 32.8 Å². The number of hydrogen-bond acceptors (Lipinski definition) is 7. The topological polar surface area (TPSA) is 97.1 Å². The molecule has 1 aliphatic rings. The van der Waals surface area contributed by atoms with Crippen molar-refractivity contribution in [1.29, 1.82) is 0 Å². The summed E-state index contributed by atoms with van der Waals surface area (Å²) in [4.78, 5) is 27.7. The number of carbonyl (C=O) groups excluding carboxylic acids is 2. The first-order valence-electron chi connectivity index (χ1n) is 13.3. The number of methoxy groups -OCH3 is 1. The highest BCUT2D eigenvalue weighted by molar-refractivity contribution is 9.10. The van der Waals surface area contributed by atoms with Gasteiger partial charge in [0.05, 0.1) is 34.3 Å². The van der Waals surface area contributed by atoms with Gasteiger partial charge in [0.25, 0.3) is 0 Å². The van der Waals surface area contributed by atoms with Crippen molar-refractivity contribution in [2.24, 2.45) is 0 Å². The summed E-state index contributed by atoms with van der Waals surface area (Å²) in [5.41, 5.74) is 1.71. The summed E-state index contributed by atoms with van der Waals surface area (Å²) in [7, 11) is -2.82. The van der Waals surface area contributed by atoms with Gasteiger partial charge in [-0.3, -0.25) is 4.79 Å². The van der Waals surface area contributed by atoms with Gasteiger partial charge in [0, 0.05) is 33.5 Å². The number of benzene rings is 3. The van der Waals surface area contributed by atoms with E-state index in [1.54, 1.807) is 54.3 Å². The maximum absolute atomic E-state index is 13.8. The largest absolute Gasteiger partial charge is 0.465 e. The van der Waals surface area contributed by atoms with E-state index < -0.39 is 21.8 Å². The van der Waals surface area contributed by atoms with E-state index in [0.717, 1.165) is 4.47 Å². The van der Waals surface area contributed by atoms with E-state index in [-0.39, 0.29) is 40.0 Å². The summed E-state index contributed by atoms with van der Waals surface area (Å²) < 4.78 is 40.6. The lowest BCUT2D eigenvalue weighted by molar-refractivity contribution is -0.137. The van der Waals surface area contributed by atoms with E-state index in [2.05, 4.69) is 15.9 Å². The fourth-order valence-electron chi connectivity index (χ4n) is 4.77. The Hall–Kier alpha value is -3.38. The van der Waals surface area contributed by atoms with Crippen LogP contribution in [0.1, 0.15) is 24.0 Å². The molecule has 1 aromatic heterocycles. The smallest absolute Gasteiger partial charge is 0.343 e. The zero-order chi connectivity index (χ0) is 32.5. The lowest BCUT2D eigenvalue weighted by atomic mass is 10.1. The van der Waals surface area contributed by atoms with Crippen molar-refractivity contribution in [3.05, 3.63) is 132 Å². The third-order valence-corrected chi connectivity index (χ3v) is 10.3. The van der Waals surface area contributed by atoms with Crippen molar-refractivity contribution in [2.45, 2.75) is 24.9 Å². The van der Waals surface area contributed by atoms with Crippen LogP contribution in [0.3, 0.4) is 0 Å². The summed E-state index contributed by atoms with van der Waals surface area (Å²) in [6.07, 6.45) is 1.50. The number of ether oxygens (including phenoxy) is 1. The van der Waals surface area contributed by atoms with Gasteiger partial charge in [0.1, 0.15) is 17.1 Å². The van der Waals surface area contributed by atoms with Gasteiger partial charge in [-0.1, -0.05) is 56.8 Å². The van der Waals surface area contributed by atoms with Crippen LogP contribution in [-0.2, 0) is 37.4 Å². The number of ketones is 1. The molecule has 0 fully saturated rings. The molecule has 0 unspecified atom stereocenters. The molecule has 232 valence electrons. The lowest BCUT2D eigenvalue weighted by Crippen LogP contribution is -2.30. The normalized spacial score (nSPS) is 14.6. The van der Waals surface area contributed by atoms with Crippen LogP contribution in [0, 0.1) is 0 Å². The monoisotopic (exact) mass is 748 g/mol. The fraction of sp³-hybridized carbons (Fsp3) is 0.125. The van der Waals surface area contributed by atoms with Crippen molar-refractivity contribution in [1.82, 2.24) is 4.31 Å². The molecule has 5 rings (SSSR count). The van der Waals surface area contributed by atoms with Crippen LogP contribution in [0.4, 0.5) is 5.69 Å². The van der Waals surface area contributed by atoms with E-state index in [1.807, 2.05) is 12.1 Å². The summed E-state index contributed by atoms with van der Waals surface area (Å²) in [5.74, 6) is -0.717. The van der Waals surface area contributed by atoms with Gasteiger partial charge in [-0.15, -0.1) is 0 Å². The van der Waals surface area contributed by atoms with E-state index in [4.69, 9.17) is 44.0 Å². The Balaban J connectivity index is 1.50. The summed E-state index contributed by atoms with van der Waals surface area (Å²) in [6, 6.07) is 21.2. The first-order valence-corrected chi connectivity index (χ1v) is 16.7. The van der Waals surface area contributed by atoms with Crippen LogP contribution in [0.25, 0.3) is 6.08 Å². The highest BCUT2D eigenvalue weighted by Crippen LogP contribution is 2.36. The molecule has 0 amide bonds. The lowest BCUT2D eigenvalue weighted by Gasteiger charge is -2.22. The zero-order valence-corrected chi connectivity index (χ0v) is 28.4. The molecule has 8 nitrogen and oxygen atoms in total. The molecule has 0 spiro atoms. The third-order valence-electron chi connectivity index (χ3n) is 6.96. The zero-order valence-electron chi connectivity index (χ0n) is 23.8. The minimum Gasteiger partial charge on any atom is -0.465 e. The maximum Gasteiger partial charge on any atom is 0.343 e. The Kier molecular flexibility index (Phi) is 9.93. The molecule has 4 aromatic rings. The number of Topliss-reactive ketones (excluding diaryl/α,β-unsaturated/α-hetero) is 1. The second kappa shape index (κ2) is 13.5. The molecule has 0 aliphatic carbocycles. The molecule has 0 atom stereocenters. The Morgan fingerprint density at radius 2 is 1.64 bits per heavy atom. The average molecular weight is 751 g/mol. The van der Waals surface area contributed by atoms with Crippen LogP contribution in [0.2, 0.25) is 15.1 Å². The highest BCUT2D eigenvalue weighted by Gasteiger charge is 2.38. The van der Waals surface area contributed by atoms with Gasteiger partial charge >= 0.3 is 5.97 Å². The number of hydrogen-bond donors (Lipinski definition) is 0. The number of carbonyl (C=O) groups is 2. The Labute approximate surface area is 283 Å². The number of rotatable bonds is 9. The molecule has 0 saturated heterocycles. The molecule has 2 heterocycles. The van der Waals surface area contributed by atoms with Crippen LogP contribution < -0.4 is 4.90 Å². The van der Waals surface area contributed by atoms with Crippen molar-refractivity contribution in [2.75, 3.05) is 12.0 Å². The van der Waals surface area contributed by atoms with Crippen LogP contribution >= 0.6 is 50.7 Å². The van der Waals surface area contributed by atoms with E-state index >= 15 is 0 Å². The number of anilines is 1. The third kappa shape index (κ3) is 7.06. The van der Waals surface area contributed by atoms with Gasteiger partial charge in [0.15, 0.2) is 0 Å². The number of halogens is 4. The second-order valence-electron chi connectivity index (χ2n) is 9.90. The predicted molar refractivity (Wildman–Crippen MR) is 177 cm³/mol. The molecule has 3 aromatic carbocycles. The number of sulfonamides is 1. The second-order valence-corrected chi connectivity index (χ2v) is 14.0. The van der Waals surface area contributed by atoms with Crippen LogP contribution in [0.15, 0.2) is 110 Å². The number of esters is 1. The summed E-state index contributed by atoms with van der Waals surface area (Å²) in [6.45, 7) is 1.47. The fourth-order valence-corrected chi connectivity index (χ4v) is 6.88. The van der Waals surface area contributed by atoms with Gasteiger partial charge in [-0.05, 0) is 85.3 Å². The number of allylic oxidation sites excluding steroid dienone is 2. The van der Waals surface area contributed by atoms with Gasteiger partial charge in [-0.2, -0.15) is 4.31 Å². The number of furan rings is 1. The van der Waals surface area contributed by atoms with Gasteiger partial charge < -0.3 is 14.1 Å². The molecule has 1 aliphatic heterocycles. The van der Waals surface area contributed by atoms with Crippen molar-refractivity contribution in [3.63, 3.8) is 0 Å². The highest BCUT2D eigenvalue weighted by atomic mass is 79.9. The molecule has 0 saturated carbocycles. The molecule has 13 heteroatoms. The van der Waals surface area contributed by atoms with Gasteiger partial charge in [0.2, 0.25) is 15.8 Å². The molecular formula is C32H24BrCl3N2O6S. The molecular weight excluding hydrogens is 727 g/mol. The van der Waals surface area contributed by atoms with Gasteiger partial charge in [-0.25, -0.2) is 13.2 Å². The molecule has 45 heavy (non-hydrogen) atoms. The molecule has 0 radical (unpaired) electrons. The Morgan fingerprint density at radius 3 is 2.29 bits per heavy atom. The van der Waals surface area contributed by atoms with Crippen molar-refractivity contribution >= 4 is 84.3 Å². The standard InChI is InChI=1S/C32H24BrCl3N2O6S/c1-19-30(32(40)43-2)31(39)29(38(19)23-8-4-21(33)5-9-23)16-24-10-11-25(44-24)18-37(17-20-3-14-27(35)28(36)15-20)45(41,42)26-12-6-22(34)7-13-26/h3-16H,17-18H2,1-2H3/b29-16+. The van der Waals surface area contributed by atoms with Crippen molar-refractivity contribution < 1.29 is 27.2 Å². The summed E-state index contributed by atoms with van der Waals surface area (Å²) >= 11 is 21.7. The van der Waals surface area contributed by atoms with Crippen molar-refractivity contribution in [3.8, 4) is 0 Å². The van der Waals surface area contributed by atoms with Crippen LogP contribution in [0.5, 0.6) is 0 Å². The number of nitrogens with zero attached hydrogens (tertiary/aromatic N) is 2. The minimum atomic E-state index is -4.04. The summed E-state index contributed by atoms with van der Waals surface area (Å²) in [5, 5.41) is 1.03. The SMILES string of the molecule is COC(=O)C1=C(C)N(c2ccc(Br)cc2)/C(=C/c2ccc(CN(Cc3ccc(Cl)c(Cl)c3)S(=O)(=O)c3ccc(Cl)cc3)o2)C1=O. The maximum atomic E-state index is 13.8. The Bertz CT molecular complexity index is 1960.